The zero-order chi connectivity index (χ0) is 15.4. The number of alkyl halides is 3. The third-order valence-corrected chi connectivity index (χ3v) is 2.47. The molecule has 0 amide bonds. The Bertz CT molecular complexity index is 477. The fraction of sp³-hybridized carbons (Fsp3) is 0.462. The summed E-state index contributed by atoms with van der Waals surface area (Å²) in [6, 6.07) is 6.47. The zero-order valence-electron chi connectivity index (χ0n) is 11.2. The van der Waals surface area contributed by atoms with Crippen LogP contribution in [-0.2, 0) is 15.4 Å². The van der Waals surface area contributed by atoms with Gasteiger partial charge in [-0.25, -0.2) is 0 Å². The minimum absolute atomic E-state index is 0.237. The van der Waals surface area contributed by atoms with Crippen LogP contribution < -0.4 is 0 Å². The number of hydrogen-bond donors (Lipinski definition) is 0. The molecule has 1 unspecified atom stereocenters. The molecule has 1 aromatic rings. The largest absolute Gasteiger partial charge is 0.429 e. The number of benzene rings is 1. The molecule has 112 valence electrons. The SMILES string of the molecule is CC(C)OC(C)(ON=CC(F)(F)F)c1cccc(Cl)c1. The average Bonchev–Trinajstić information content (AvgIpc) is 2.26. The lowest BCUT2D eigenvalue weighted by atomic mass is 10.1. The van der Waals surface area contributed by atoms with E-state index in [9.17, 15) is 13.2 Å². The Balaban J connectivity index is 3.00. The van der Waals surface area contributed by atoms with Crippen LogP contribution in [0.1, 0.15) is 26.3 Å². The first-order chi connectivity index (χ1) is 9.12. The Morgan fingerprint density at radius 2 is 1.95 bits per heavy atom. The van der Waals surface area contributed by atoms with Crippen LogP contribution in [0.4, 0.5) is 13.2 Å². The van der Waals surface area contributed by atoms with Gasteiger partial charge in [0.15, 0.2) is 0 Å². The second kappa shape index (κ2) is 6.45. The van der Waals surface area contributed by atoms with Crippen molar-refractivity contribution in [3.63, 3.8) is 0 Å². The third kappa shape index (κ3) is 5.38. The second-order valence-electron chi connectivity index (χ2n) is 4.49. The van der Waals surface area contributed by atoms with Crippen molar-refractivity contribution in [2.45, 2.75) is 38.8 Å². The first kappa shape index (κ1) is 16.8. The van der Waals surface area contributed by atoms with E-state index in [4.69, 9.17) is 21.2 Å². The van der Waals surface area contributed by atoms with E-state index >= 15 is 0 Å². The number of ether oxygens (including phenoxy) is 1. The monoisotopic (exact) mass is 309 g/mol. The summed E-state index contributed by atoms with van der Waals surface area (Å²) >= 11 is 5.86. The first-order valence-electron chi connectivity index (χ1n) is 5.86. The quantitative estimate of drug-likeness (QED) is 0.455. The van der Waals surface area contributed by atoms with E-state index in [2.05, 4.69) is 5.16 Å². The fourth-order valence-electron chi connectivity index (χ4n) is 1.55. The summed E-state index contributed by atoms with van der Waals surface area (Å²) in [5.74, 6) is -1.46. The Kier molecular flexibility index (Phi) is 5.42. The molecule has 0 spiro atoms. The van der Waals surface area contributed by atoms with Crippen LogP contribution in [-0.4, -0.2) is 18.5 Å². The molecule has 0 aliphatic rings. The summed E-state index contributed by atoms with van der Waals surface area (Å²) in [7, 11) is 0. The number of halogens is 4. The van der Waals surface area contributed by atoms with Crippen molar-refractivity contribution >= 4 is 17.8 Å². The molecule has 0 saturated carbocycles. The fourth-order valence-corrected chi connectivity index (χ4v) is 1.74. The van der Waals surface area contributed by atoms with Crippen LogP contribution in [0.5, 0.6) is 0 Å². The third-order valence-electron chi connectivity index (χ3n) is 2.24. The minimum atomic E-state index is -4.55. The molecule has 1 rings (SSSR count). The molecule has 0 aromatic heterocycles. The summed E-state index contributed by atoms with van der Waals surface area (Å²) < 4.78 is 41.7. The summed E-state index contributed by atoms with van der Waals surface area (Å²) in [6.45, 7) is 4.95. The Labute approximate surface area is 120 Å². The summed E-state index contributed by atoms with van der Waals surface area (Å²) in [5, 5.41) is 3.38. The lowest BCUT2D eigenvalue weighted by Gasteiger charge is -2.29. The van der Waals surface area contributed by atoms with E-state index in [0.29, 0.717) is 10.6 Å². The maximum Gasteiger partial charge on any atom is 0.429 e. The van der Waals surface area contributed by atoms with E-state index < -0.39 is 12.0 Å². The van der Waals surface area contributed by atoms with Gasteiger partial charge in [0, 0.05) is 17.5 Å². The molecule has 0 N–H and O–H groups in total. The van der Waals surface area contributed by atoms with Crippen molar-refractivity contribution in [2.24, 2.45) is 5.16 Å². The van der Waals surface area contributed by atoms with Crippen molar-refractivity contribution < 1.29 is 22.7 Å². The van der Waals surface area contributed by atoms with Crippen LogP contribution >= 0.6 is 11.6 Å². The highest BCUT2D eigenvalue weighted by atomic mass is 35.5. The highest BCUT2D eigenvalue weighted by Gasteiger charge is 2.33. The Morgan fingerprint density at radius 1 is 1.30 bits per heavy atom. The summed E-state index contributed by atoms with van der Waals surface area (Å²) in [4.78, 5) is 4.93. The Morgan fingerprint density at radius 3 is 2.45 bits per heavy atom. The Hall–Kier alpha value is -1.27. The lowest BCUT2D eigenvalue weighted by Crippen LogP contribution is -2.31. The molecule has 0 aliphatic carbocycles. The molecule has 0 heterocycles. The molecule has 20 heavy (non-hydrogen) atoms. The van der Waals surface area contributed by atoms with E-state index in [1.807, 2.05) is 0 Å². The van der Waals surface area contributed by atoms with Crippen molar-refractivity contribution in [1.29, 1.82) is 0 Å². The van der Waals surface area contributed by atoms with Crippen LogP contribution in [0.3, 0.4) is 0 Å². The summed E-state index contributed by atoms with van der Waals surface area (Å²) in [6.07, 6.45) is -5.06. The van der Waals surface area contributed by atoms with Gasteiger partial charge in [-0.05, 0) is 26.0 Å². The zero-order valence-corrected chi connectivity index (χ0v) is 12.0. The van der Waals surface area contributed by atoms with Gasteiger partial charge in [-0.3, -0.25) is 0 Å². The number of rotatable bonds is 5. The van der Waals surface area contributed by atoms with Crippen molar-refractivity contribution in [3.8, 4) is 0 Å². The number of hydrogen-bond acceptors (Lipinski definition) is 3. The lowest BCUT2D eigenvalue weighted by molar-refractivity contribution is -0.253. The predicted molar refractivity (Wildman–Crippen MR) is 70.7 cm³/mol. The molecule has 0 fully saturated rings. The van der Waals surface area contributed by atoms with Gasteiger partial charge >= 0.3 is 6.18 Å². The van der Waals surface area contributed by atoms with E-state index in [1.54, 1.807) is 38.1 Å². The normalized spacial score (nSPS) is 15.6. The molecule has 0 bridgehead atoms. The summed E-state index contributed by atoms with van der Waals surface area (Å²) in [5.41, 5.74) is 0.470. The van der Waals surface area contributed by atoms with Crippen molar-refractivity contribution in [2.75, 3.05) is 0 Å². The minimum Gasteiger partial charge on any atom is -0.355 e. The highest BCUT2D eigenvalue weighted by molar-refractivity contribution is 6.30. The van der Waals surface area contributed by atoms with Gasteiger partial charge in [0.2, 0.25) is 0 Å². The second-order valence-corrected chi connectivity index (χ2v) is 4.93. The van der Waals surface area contributed by atoms with Crippen LogP contribution in [0.25, 0.3) is 0 Å². The topological polar surface area (TPSA) is 30.8 Å². The molecule has 1 aromatic carbocycles. The van der Waals surface area contributed by atoms with E-state index in [1.165, 1.54) is 6.92 Å². The molecule has 1 atom stereocenters. The van der Waals surface area contributed by atoms with Gasteiger partial charge < -0.3 is 9.57 Å². The highest BCUT2D eigenvalue weighted by Crippen LogP contribution is 2.30. The van der Waals surface area contributed by atoms with Gasteiger partial charge in [-0.15, -0.1) is 0 Å². The van der Waals surface area contributed by atoms with E-state index in [-0.39, 0.29) is 12.3 Å². The van der Waals surface area contributed by atoms with Gasteiger partial charge in [0.05, 0.1) is 6.10 Å². The average molecular weight is 310 g/mol. The van der Waals surface area contributed by atoms with Gasteiger partial charge in [0.25, 0.3) is 5.79 Å². The molecule has 0 radical (unpaired) electrons. The van der Waals surface area contributed by atoms with Crippen LogP contribution in [0, 0.1) is 0 Å². The maximum atomic E-state index is 12.1. The molecular weight excluding hydrogens is 295 g/mol. The predicted octanol–water partition coefficient (Wildman–Crippen LogP) is 4.50. The van der Waals surface area contributed by atoms with Crippen molar-refractivity contribution in [1.82, 2.24) is 0 Å². The van der Waals surface area contributed by atoms with Crippen LogP contribution in [0.2, 0.25) is 5.02 Å². The maximum absolute atomic E-state index is 12.1. The molecule has 0 saturated heterocycles. The van der Waals surface area contributed by atoms with E-state index in [0.717, 1.165) is 0 Å². The van der Waals surface area contributed by atoms with Gasteiger partial charge in [-0.1, -0.05) is 28.9 Å². The van der Waals surface area contributed by atoms with Gasteiger partial charge in [0.1, 0.15) is 6.21 Å². The molecule has 7 heteroatoms. The van der Waals surface area contributed by atoms with Gasteiger partial charge in [-0.2, -0.15) is 13.2 Å². The molecular formula is C13H15ClF3NO2. The standard InChI is InChI=1S/C13H15ClF3NO2/c1-9(2)19-12(3,20-18-8-13(15,16)17)10-5-4-6-11(14)7-10/h4-9H,1-3H3. The number of nitrogens with zero attached hydrogens (tertiary/aromatic N) is 1. The number of oxime groups is 1. The molecule has 3 nitrogen and oxygen atoms in total. The molecule has 0 aliphatic heterocycles. The first-order valence-corrected chi connectivity index (χ1v) is 6.23. The van der Waals surface area contributed by atoms with Crippen molar-refractivity contribution in [3.05, 3.63) is 34.9 Å². The smallest absolute Gasteiger partial charge is 0.355 e. The van der Waals surface area contributed by atoms with Crippen LogP contribution in [0.15, 0.2) is 29.4 Å².